The van der Waals surface area contributed by atoms with E-state index in [-0.39, 0.29) is 0 Å². The second-order valence-electron chi connectivity index (χ2n) is 3.62. The van der Waals surface area contributed by atoms with Crippen molar-refractivity contribution in [3.63, 3.8) is 0 Å². The van der Waals surface area contributed by atoms with Crippen molar-refractivity contribution >= 4 is 5.97 Å². The van der Waals surface area contributed by atoms with Crippen LogP contribution in [0, 0.1) is 0 Å². The minimum absolute atomic E-state index is 0.381. The molecule has 0 aliphatic heterocycles. The van der Waals surface area contributed by atoms with E-state index in [1.54, 1.807) is 6.07 Å². The molecule has 1 N–H and O–H groups in total. The number of carbonyl (C=O) groups excluding carboxylic acids is 1. The van der Waals surface area contributed by atoms with Crippen molar-refractivity contribution in [2.75, 3.05) is 28.4 Å². The van der Waals surface area contributed by atoms with E-state index >= 15 is 0 Å². The number of ether oxygens (including phenoxy) is 3. The number of nitrogens with one attached hydrogen (secondary N) is 1. The number of hydroxylamine groups is 1. The molecule has 0 saturated heterocycles. The van der Waals surface area contributed by atoms with E-state index < -0.39 is 5.97 Å². The molecule has 0 amide bonds. The Kier molecular flexibility index (Phi) is 5.44. The highest BCUT2D eigenvalue weighted by Gasteiger charge is 2.23. The zero-order chi connectivity index (χ0) is 14.4. The van der Waals surface area contributed by atoms with E-state index in [0.717, 1.165) is 0 Å². The average Bonchev–Trinajstić information content (AvgIpc) is 2.44. The van der Waals surface area contributed by atoms with Gasteiger partial charge in [-0.2, -0.15) is 5.48 Å². The van der Waals surface area contributed by atoms with Gasteiger partial charge in [-0.15, -0.1) is 0 Å². The maximum Gasteiger partial charge on any atom is 0.357 e. The van der Waals surface area contributed by atoms with Crippen molar-refractivity contribution < 1.29 is 23.8 Å². The molecule has 1 aromatic rings. The second-order valence-corrected chi connectivity index (χ2v) is 3.62. The van der Waals surface area contributed by atoms with Gasteiger partial charge in [0.1, 0.15) is 0 Å². The normalized spacial score (nSPS) is 9.95. The fourth-order valence-corrected chi connectivity index (χ4v) is 1.90. The molecular formula is C13H19NO5. The first-order valence-corrected chi connectivity index (χ1v) is 5.84. The third-order valence-corrected chi connectivity index (χ3v) is 2.70. The Bertz CT molecular complexity index is 459. The molecule has 0 fully saturated rings. The van der Waals surface area contributed by atoms with Crippen molar-refractivity contribution in [1.29, 1.82) is 0 Å². The first-order chi connectivity index (χ1) is 9.14. The molecule has 19 heavy (non-hydrogen) atoms. The molecule has 0 radical (unpaired) electrons. The minimum atomic E-state index is -0.501. The molecule has 0 bridgehead atoms. The van der Waals surface area contributed by atoms with E-state index in [2.05, 4.69) is 5.48 Å². The standard InChI is InChI=1S/C13H19NO5/c1-6-8-9(13(15)19-14-2)7-10(16-3)12(18-5)11(8)17-4/h7,14H,6H2,1-5H3. The van der Waals surface area contributed by atoms with Crippen LogP contribution in [0.4, 0.5) is 0 Å². The zero-order valence-corrected chi connectivity index (χ0v) is 11.8. The predicted molar refractivity (Wildman–Crippen MR) is 70.0 cm³/mol. The Labute approximate surface area is 112 Å². The molecule has 0 atom stereocenters. The molecule has 0 heterocycles. The number of benzene rings is 1. The summed E-state index contributed by atoms with van der Waals surface area (Å²) in [5, 5.41) is 0. The quantitative estimate of drug-likeness (QED) is 0.791. The number of methoxy groups -OCH3 is 3. The summed E-state index contributed by atoms with van der Waals surface area (Å²) < 4.78 is 15.8. The van der Waals surface area contributed by atoms with Crippen LogP contribution in [0.1, 0.15) is 22.8 Å². The summed E-state index contributed by atoms with van der Waals surface area (Å²) in [7, 11) is 6.05. The predicted octanol–water partition coefficient (Wildman–Crippen LogP) is 1.57. The Balaban J connectivity index is 3.50. The molecule has 0 saturated carbocycles. The summed E-state index contributed by atoms with van der Waals surface area (Å²) in [6.07, 6.45) is 0.595. The Morgan fingerprint density at radius 3 is 2.21 bits per heavy atom. The second kappa shape index (κ2) is 6.84. The van der Waals surface area contributed by atoms with Gasteiger partial charge >= 0.3 is 5.97 Å². The van der Waals surface area contributed by atoms with Gasteiger partial charge in [0, 0.05) is 12.6 Å². The highest BCUT2D eigenvalue weighted by molar-refractivity contribution is 5.93. The molecule has 0 aliphatic rings. The summed E-state index contributed by atoms with van der Waals surface area (Å²) in [5.41, 5.74) is 3.45. The molecule has 0 spiro atoms. The Morgan fingerprint density at radius 2 is 1.79 bits per heavy atom. The largest absolute Gasteiger partial charge is 0.493 e. The van der Waals surface area contributed by atoms with Gasteiger partial charge in [0.25, 0.3) is 0 Å². The van der Waals surface area contributed by atoms with Gasteiger partial charge in [0.2, 0.25) is 5.75 Å². The minimum Gasteiger partial charge on any atom is -0.493 e. The van der Waals surface area contributed by atoms with Gasteiger partial charge in [0.05, 0.1) is 26.9 Å². The summed E-state index contributed by atoms with van der Waals surface area (Å²) in [4.78, 5) is 16.7. The first kappa shape index (κ1) is 15.1. The van der Waals surface area contributed by atoms with Crippen LogP contribution in [0.5, 0.6) is 17.2 Å². The van der Waals surface area contributed by atoms with Crippen LogP contribution >= 0.6 is 0 Å². The van der Waals surface area contributed by atoms with E-state index in [4.69, 9.17) is 19.0 Å². The van der Waals surface area contributed by atoms with Crippen LogP contribution in [-0.2, 0) is 11.3 Å². The molecular weight excluding hydrogens is 250 g/mol. The van der Waals surface area contributed by atoms with Gasteiger partial charge in [-0.3, -0.25) is 0 Å². The smallest absolute Gasteiger partial charge is 0.357 e. The molecule has 1 rings (SSSR count). The lowest BCUT2D eigenvalue weighted by atomic mass is 10.0. The number of rotatable bonds is 6. The maximum atomic E-state index is 11.9. The molecule has 0 unspecified atom stereocenters. The van der Waals surface area contributed by atoms with Gasteiger partial charge in [0.15, 0.2) is 11.5 Å². The highest BCUT2D eigenvalue weighted by Crippen LogP contribution is 2.42. The van der Waals surface area contributed by atoms with Crippen molar-refractivity contribution in [2.24, 2.45) is 0 Å². The molecule has 106 valence electrons. The van der Waals surface area contributed by atoms with Crippen LogP contribution in [0.15, 0.2) is 6.07 Å². The molecule has 0 aromatic heterocycles. The maximum absolute atomic E-state index is 11.9. The Morgan fingerprint density at radius 1 is 1.16 bits per heavy atom. The SMILES string of the molecule is CCc1c(C(=O)ONC)cc(OC)c(OC)c1OC. The molecule has 0 aliphatic carbocycles. The van der Waals surface area contributed by atoms with Crippen molar-refractivity contribution in [3.8, 4) is 17.2 Å². The number of hydrogen-bond donors (Lipinski definition) is 1. The molecule has 6 heteroatoms. The zero-order valence-electron chi connectivity index (χ0n) is 11.8. The van der Waals surface area contributed by atoms with Crippen LogP contribution in [0.25, 0.3) is 0 Å². The monoisotopic (exact) mass is 269 g/mol. The van der Waals surface area contributed by atoms with Gasteiger partial charge in [-0.05, 0) is 12.5 Å². The summed E-state index contributed by atoms with van der Waals surface area (Å²) >= 11 is 0. The molecule has 1 aromatic carbocycles. The van der Waals surface area contributed by atoms with Gasteiger partial charge in [-0.1, -0.05) is 6.92 Å². The summed E-state index contributed by atoms with van der Waals surface area (Å²) in [6, 6.07) is 1.58. The van der Waals surface area contributed by atoms with Crippen LogP contribution < -0.4 is 19.7 Å². The van der Waals surface area contributed by atoms with Crippen LogP contribution in [0.3, 0.4) is 0 Å². The topological polar surface area (TPSA) is 66.0 Å². The summed E-state index contributed by atoms with van der Waals surface area (Å²) in [6.45, 7) is 1.92. The van der Waals surface area contributed by atoms with Gasteiger partial charge in [-0.25, -0.2) is 4.79 Å². The Hall–Kier alpha value is -1.95. The lowest BCUT2D eigenvalue weighted by Gasteiger charge is -2.18. The lowest BCUT2D eigenvalue weighted by Crippen LogP contribution is -2.17. The fourth-order valence-electron chi connectivity index (χ4n) is 1.90. The first-order valence-electron chi connectivity index (χ1n) is 5.84. The van der Waals surface area contributed by atoms with E-state index in [9.17, 15) is 4.79 Å². The number of carbonyl (C=O) groups is 1. The lowest BCUT2D eigenvalue weighted by molar-refractivity contribution is 0.0307. The summed E-state index contributed by atoms with van der Waals surface area (Å²) in [5.74, 6) is 0.855. The van der Waals surface area contributed by atoms with Crippen molar-refractivity contribution in [3.05, 3.63) is 17.2 Å². The van der Waals surface area contributed by atoms with Gasteiger partial charge < -0.3 is 19.0 Å². The van der Waals surface area contributed by atoms with E-state index in [0.29, 0.717) is 34.8 Å². The van der Waals surface area contributed by atoms with Crippen LogP contribution in [-0.4, -0.2) is 34.3 Å². The molecule has 6 nitrogen and oxygen atoms in total. The van der Waals surface area contributed by atoms with E-state index in [1.807, 2.05) is 6.92 Å². The average molecular weight is 269 g/mol. The third kappa shape index (κ3) is 2.90. The number of hydrogen-bond acceptors (Lipinski definition) is 6. The van der Waals surface area contributed by atoms with Crippen molar-refractivity contribution in [1.82, 2.24) is 5.48 Å². The fraction of sp³-hybridized carbons (Fsp3) is 0.462. The van der Waals surface area contributed by atoms with Crippen LogP contribution in [0.2, 0.25) is 0 Å². The van der Waals surface area contributed by atoms with E-state index in [1.165, 1.54) is 28.4 Å². The third-order valence-electron chi connectivity index (χ3n) is 2.70. The van der Waals surface area contributed by atoms with Crippen molar-refractivity contribution in [2.45, 2.75) is 13.3 Å². The highest BCUT2D eigenvalue weighted by atomic mass is 16.7.